The van der Waals surface area contributed by atoms with Gasteiger partial charge in [0.05, 0.1) is 17.4 Å². The van der Waals surface area contributed by atoms with Gasteiger partial charge in [-0.05, 0) is 32.9 Å². The van der Waals surface area contributed by atoms with Gasteiger partial charge < -0.3 is 4.90 Å². The van der Waals surface area contributed by atoms with Crippen LogP contribution in [-0.4, -0.2) is 28.2 Å². The second kappa shape index (κ2) is 3.03. The number of rotatable bonds is 1. The number of nitroso groups, excluding NO2 is 1. The van der Waals surface area contributed by atoms with Gasteiger partial charge in [0.15, 0.2) is 0 Å². The normalized spacial score (nSPS) is 28.4. The third kappa shape index (κ3) is 1.24. The van der Waals surface area contributed by atoms with Crippen molar-refractivity contribution in [3.63, 3.8) is 0 Å². The van der Waals surface area contributed by atoms with Crippen molar-refractivity contribution in [1.82, 2.24) is 9.96 Å². The van der Waals surface area contributed by atoms with E-state index in [4.69, 9.17) is 0 Å². The molecule has 0 spiro atoms. The van der Waals surface area contributed by atoms with Crippen molar-refractivity contribution in [1.29, 1.82) is 0 Å². The van der Waals surface area contributed by atoms with E-state index in [1.807, 2.05) is 13.8 Å². The van der Waals surface area contributed by atoms with E-state index in [2.05, 4.69) is 5.18 Å². The lowest BCUT2D eigenvalue weighted by atomic mass is 10.0. The Balaban J connectivity index is 3.23. The highest BCUT2D eigenvalue weighted by atomic mass is 16.5. The SMILES string of the molecule is CN1/C(=C\N=O)C(C)(C)N([O])C1(C)C. The molecule has 0 aromatic carbocycles. The summed E-state index contributed by atoms with van der Waals surface area (Å²) in [5, 5.41) is 15.7. The van der Waals surface area contributed by atoms with Gasteiger partial charge in [0, 0.05) is 7.05 Å². The van der Waals surface area contributed by atoms with Crippen LogP contribution in [0.15, 0.2) is 17.1 Å². The van der Waals surface area contributed by atoms with E-state index < -0.39 is 11.2 Å². The number of hydrogen-bond acceptors (Lipinski definition) is 4. The fraction of sp³-hybridized carbons (Fsp3) is 0.778. The highest BCUT2D eigenvalue weighted by molar-refractivity contribution is 5.23. The van der Waals surface area contributed by atoms with Crippen molar-refractivity contribution in [2.45, 2.75) is 38.9 Å². The Labute approximate surface area is 83.9 Å². The van der Waals surface area contributed by atoms with Gasteiger partial charge in [-0.25, -0.2) is 0 Å². The Kier molecular flexibility index (Phi) is 2.41. The molecule has 5 heteroatoms. The maximum absolute atomic E-state index is 11.9. The quantitative estimate of drug-likeness (QED) is 0.602. The predicted octanol–water partition coefficient (Wildman–Crippen LogP) is 1.70. The Morgan fingerprint density at radius 1 is 1.29 bits per heavy atom. The standard InChI is InChI=1S/C9H16N3O2/c1-8(2)7(6-10-13)11(5)9(3,4)12(8)14/h6H,1-5H3/b7-6-. The lowest BCUT2D eigenvalue weighted by molar-refractivity contribution is -0.256. The first kappa shape index (κ1) is 11.1. The molecule has 0 bridgehead atoms. The van der Waals surface area contributed by atoms with Crippen molar-refractivity contribution in [3.05, 3.63) is 16.8 Å². The summed E-state index contributed by atoms with van der Waals surface area (Å²) in [7, 11) is 1.79. The van der Waals surface area contributed by atoms with Gasteiger partial charge in [0.2, 0.25) is 0 Å². The average molecular weight is 198 g/mol. The minimum atomic E-state index is -0.702. The Bertz CT molecular complexity index is 284. The van der Waals surface area contributed by atoms with Crippen LogP contribution in [0.3, 0.4) is 0 Å². The summed E-state index contributed by atoms with van der Waals surface area (Å²) >= 11 is 0. The zero-order chi connectivity index (χ0) is 11.1. The largest absolute Gasteiger partial charge is 0.355 e. The molecule has 0 amide bonds. The topological polar surface area (TPSA) is 55.8 Å². The van der Waals surface area contributed by atoms with Crippen molar-refractivity contribution < 1.29 is 5.21 Å². The van der Waals surface area contributed by atoms with Gasteiger partial charge in [-0.15, -0.1) is 15.2 Å². The summed E-state index contributed by atoms with van der Waals surface area (Å²) in [6.07, 6.45) is 1.21. The highest BCUT2D eigenvalue weighted by Crippen LogP contribution is 2.42. The van der Waals surface area contributed by atoms with Gasteiger partial charge in [-0.1, -0.05) is 0 Å². The smallest absolute Gasteiger partial charge is 0.114 e. The first-order chi connectivity index (χ1) is 6.26. The molecule has 1 heterocycles. The summed E-state index contributed by atoms with van der Waals surface area (Å²) < 4.78 is 0. The molecule has 14 heavy (non-hydrogen) atoms. The Morgan fingerprint density at radius 3 is 2.07 bits per heavy atom. The summed E-state index contributed by atoms with van der Waals surface area (Å²) in [6, 6.07) is 0. The van der Waals surface area contributed by atoms with E-state index in [0.717, 1.165) is 5.06 Å². The van der Waals surface area contributed by atoms with Crippen molar-refractivity contribution in [2.24, 2.45) is 5.18 Å². The summed E-state index contributed by atoms with van der Waals surface area (Å²) in [5.74, 6) is 0. The maximum atomic E-state index is 11.9. The van der Waals surface area contributed by atoms with Crippen LogP contribution < -0.4 is 0 Å². The average Bonchev–Trinajstić information content (AvgIpc) is 2.19. The van der Waals surface area contributed by atoms with Crippen LogP contribution in [0.1, 0.15) is 27.7 Å². The molecule has 0 aliphatic carbocycles. The van der Waals surface area contributed by atoms with Crippen LogP contribution in [0.25, 0.3) is 0 Å². The second-order valence-corrected chi connectivity index (χ2v) is 4.53. The fourth-order valence-corrected chi connectivity index (χ4v) is 1.92. The van der Waals surface area contributed by atoms with Gasteiger partial charge in [0.25, 0.3) is 0 Å². The molecule has 1 aliphatic heterocycles. The van der Waals surface area contributed by atoms with Crippen LogP contribution in [-0.2, 0) is 5.21 Å². The van der Waals surface area contributed by atoms with Crippen LogP contribution >= 0.6 is 0 Å². The fourth-order valence-electron chi connectivity index (χ4n) is 1.92. The molecule has 1 rings (SSSR count). The zero-order valence-corrected chi connectivity index (χ0v) is 9.24. The molecular formula is C9H16N3O2. The summed E-state index contributed by atoms with van der Waals surface area (Å²) in [4.78, 5) is 12.0. The Hall–Kier alpha value is -0.940. The predicted molar refractivity (Wildman–Crippen MR) is 52.3 cm³/mol. The molecule has 0 aromatic rings. The van der Waals surface area contributed by atoms with E-state index in [9.17, 15) is 10.1 Å². The summed E-state index contributed by atoms with van der Waals surface area (Å²) in [5.41, 5.74) is -0.695. The zero-order valence-electron chi connectivity index (χ0n) is 9.24. The van der Waals surface area contributed by atoms with E-state index in [-0.39, 0.29) is 0 Å². The lowest BCUT2D eigenvalue weighted by Crippen LogP contribution is -2.48. The highest BCUT2D eigenvalue weighted by Gasteiger charge is 2.53. The third-order valence-electron chi connectivity index (χ3n) is 2.99. The maximum Gasteiger partial charge on any atom is 0.114 e. The first-order valence-electron chi connectivity index (χ1n) is 4.50. The van der Waals surface area contributed by atoms with Gasteiger partial charge in [-0.2, -0.15) is 0 Å². The second-order valence-electron chi connectivity index (χ2n) is 4.53. The van der Waals surface area contributed by atoms with Crippen molar-refractivity contribution in [3.8, 4) is 0 Å². The number of hydrogen-bond donors (Lipinski definition) is 0. The van der Waals surface area contributed by atoms with Crippen LogP contribution in [0, 0.1) is 4.91 Å². The molecule has 0 aromatic heterocycles. The van der Waals surface area contributed by atoms with E-state index in [0.29, 0.717) is 5.70 Å². The number of likely N-dealkylation sites (N-methyl/N-ethyl adjacent to an activating group) is 1. The third-order valence-corrected chi connectivity index (χ3v) is 2.99. The van der Waals surface area contributed by atoms with Gasteiger partial charge in [0.1, 0.15) is 5.66 Å². The number of hydroxylamine groups is 2. The van der Waals surface area contributed by atoms with Gasteiger partial charge >= 0.3 is 0 Å². The van der Waals surface area contributed by atoms with Crippen molar-refractivity contribution in [2.75, 3.05) is 7.05 Å². The molecule has 0 saturated carbocycles. The number of nitrogens with zero attached hydrogens (tertiary/aromatic N) is 3. The molecule has 5 nitrogen and oxygen atoms in total. The van der Waals surface area contributed by atoms with Crippen molar-refractivity contribution >= 4 is 0 Å². The first-order valence-corrected chi connectivity index (χ1v) is 4.50. The minimum absolute atomic E-state index is 0.639. The molecule has 1 saturated heterocycles. The van der Waals surface area contributed by atoms with E-state index >= 15 is 0 Å². The van der Waals surface area contributed by atoms with E-state index in [1.165, 1.54) is 6.20 Å². The summed E-state index contributed by atoms with van der Waals surface area (Å²) in [6.45, 7) is 7.19. The molecule has 79 valence electrons. The molecule has 1 aliphatic rings. The molecular weight excluding hydrogens is 182 g/mol. The molecule has 0 N–H and O–H groups in total. The van der Waals surface area contributed by atoms with Crippen LogP contribution in [0.5, 0.6) is 0 Å². The molecule has 1 radical (unpaired) electrons. The molecule has 1 fully saturated rings. The van der Waals surface area contributed by atoms with Crippen LogP contribution in [0.2, 0.25) is 0 Å². The minimum Gasteiger partial charge on any atom is -0.355 e. The molecule has 0 atom stereocenters. The Morgan fingerprint density at radius 2 is 1.79 bits per heavy atom. The van der Waals surface area contributed by atoms with Gasteiger partial charge in [-0.3, -0.25) is 0 Å². The lowest BCUT2D eigenvalue weighted by Gasteiger charge is -2.32. The molecule has 0 unspecified atom stereocenters. The van der Waals surface area contributed by atoms with E-state index in [1.54, 1.807) is 25.8 Å². The van der Waals surface area contributed by atoms with Crippen LogP contribution in [0.4, 0.5) is 0 Å². The monoisotopic (exact) mass is 198 g/mol.